The predicted octanol–water partition coefficient (Wildman–Crippen LogP) is 1.93. The van der Waals surface area contributed by atoms with E-state index in [4.69, 9.17) is 4.74 Å². The second kappa shape index (κ2) is 6.03. The molecule has 2 fully saturated rings. The number of methoxy groups -OCH3 is 1. The SMILES string of the molecule is COCC1CCN(C)C2(C1)CN(Cc1cccc(C)n1)C2. The Morgan fingerprint density at radius 3 is 2.90 bits per heavy atom. The maximum Gasteiger partial charge on any atom is 0.0547 e. The summed E-state index contributed by atoms with van der Waals surface area (Å²) in [4.78, 5) is 9.71. The number of ether oxygens (including phenoxy) is 1. The number of piperidine rings is 1. The predicted molar refractivity (Wildman–Crippen MR) is 84.2 cm³/mol. The van der Waals surface area contributed by atoms with Crippen molar-refractivity contribution < 1.29 is 4.74 Å². The van der Waals surface area contributed by atoms with Gasteiger partial charge < -0.3 is 4.74 Å². The van der Waals surface area contributed by atoms with Crippen LogP contribution in [0.4, 0.5) is 0 Å². The first-order chi connectivity index (χ1) is 10.1. The summed E-state index contributed by atoms with van der Waals surface area (Å²) in [6.07, 6.45) is 2.54. The van der Waals surface area contributed by atoms with Gasteiger partial charge >= 0.3 is 0 Å². The highest BCUT2D eigenvalue weighted by Gasteiger charge is 2.49. The van der Waals surface area contributed by atoms with Gasteiger partial charge in [-0.25, -0.2) is 0 Å². The molecule has 1 aromatic heterocycles. The highest BCUT2D eigenvalue weighted by molar-refractivity contribution is 5.13. The van der Waals surface area contributed by atoms with Crippen LogP contribution in [-0.4, -0.2) is 60.7 Å². The Morgan fingerprint density at radius 1 is 1.38 bits per heavy atom. The lowest BCUT2D eigenvalue weighted by molar-refractivity contribution is -0.0909. The van der Waals surface area contributed by atoms with E-state index in [1.165, 1.54) is 38.2 Å². The Hall–Kier alpha value is -0.970. The van der Waals surface area contributed by atoms with Crippen LogP contribution >= 0.6 is 0 Å². The van der Waals surface area contributed by atoms with E-state index in [1.54, 1.807) is 0 Å². The number of likely N-dealkylation sites (tertiary alicyclic amines) is 2. The Balaban J connectivity index is 1.58. The quantitative estimate of drug-likeness (QED) is 0.847. The van der Waals surface area contributed by atoms with Crippen LogP contribution in [0.2, 0.25) is 0 Å². The molecule has 1 unspecified atom stereocenters. The minimum atomic E-state index is 0.380. The molecule has 4 nitrogen and oxygen atoms in total. The molecule has 0 radical (unpaired) electrons. The van der Waals surface area contributed by atoms with E-state index >= 15 is 0 Å². The molecular weight excluding hydrogens is 262 g/mol. The van der Waals surface area contributed by atoms with E-state index in [1.807, 2.05) is 7.11 Å². The number of hydrogen-bond donors (Lipinski definition) is 0. The summed E-state index contributed by atoms with van der Waals surface area (Å²) in [6.45, 7) is 7.48. The molecule has 0 aromatic carbocycles. The van der Waals surface area contributed by atoms with Crippen LogP contribution in [0.1, 0.15) is 24.2 Å². The first-order valence-electron chi connectivity index (χ1n) is 7.96. The second-order valence-corrected chi connectivity index (χ2v) is 6.88. The van der Waals surface area contributed by atoms with E-state index in [0.29, 0.717) is 5.54 Å². The highest BCUT2D eigenvalue weighted by atomic mass is 16.5. The lowest BCUT2D eigenvalue weighted by Gasteiger charge is -2.58. The van der Waals surface area contributed by atoms with E-state index in [-0.39, 0.29) is 0 Å². The van der Waals surface area contributed by atoms with Gasteiger partial charge in [0.25, 0.3) is 0 Å². The second-order valence-electron chi connectivity index (χ2n) is 6.88. The van der Waals surface area contributed by atoms with E-state index in [0.717, 1.165) is 24.8 Å². The van der Waals surface area contributed by atoms with Gasteiger partial charge in [-0.3, -0.25) is 14.8 Å². The molecule has 2 saturated heterocycles. The van der Waals surface area contributed by atoms with Gasteiger partial charge in [0.05, 0.1) is 5.69 Å². The van der Waals surface area contributed by atoms with Crippen molar-refractivity contribution in [1.82, 2.24) is 14.8 Å². The number of likely N-dealkylation sites (N-methyl/N-ethyl adjacent to an activating group) is 1. The van der Waals surface area contributed by atoms with Crippen molar-refractivity contribution in [3.63, 3.8) is 0 Å². The number of hydrogen-bond acceptors (Lipinski definition) is 4. The summed E-state index contributed by atoms with van der Waals surface area (Å²) >= 11 is 0. The third-order valence-electron chi connectivity index (χ3n) is 5.12. The van der Waals surface area contributed by atoms with Crippen molar-refractivity contribution >= 4 is 0 Å². The van der Waals surface area contributed by atoms with Crippen molar-refractivity contribution in [2.24, 2.45) is 5.92 Å². The van der Waals surface area contributed by atoms with Crippen LogP contribution in [0.5, 0.6) is 0 Å². The lowest BCUT2D eigenvalue weighted by Crippen LogP contribution is -2.71. The van der Waals surface area contributed by atoms with Gasteiger partial charge in [0.2, 0.25) is 0 Å². The van der Waals surface area contributed by atoms with E-state index in [9.17, 15) is 0 Å². The number of pyridine rings is 1. The number of rotatable bonds is 4. The third-order valence-corrected chi connectivity index (χ3v) is 5.12. The summed E-state index contributed by atoms with van der Waals surface area (Å²) < 4.78 is 5.37. The highest BCUT2D eigenvalue weighted by Crippen LogP contribution is 2.38. The standard InChI is InChI=1S/C17H27N3O/c1-14-5-4-6-16(18-14)10-20-12-17(13-20)9-15(11-21-3)7-8-19(17)2/h4-6,15H,7-13H2,1-3H3. The van der Waals surface area contributed by atoms with Gasteiger partial charge in [-0.1, -0.05) is 6.07 Å². The molecule has 21 heavy (non-hydrogen) atoms. The van der Waals surface area contributed by atoms with Crippen molar-refractivity contribution in [2.45, 2.75) is 31.8 Å². The summed E-state index contributed by atoms with van der Waals surface area (Å²) in [6, 6.07) is 6.30. The minimum Gasteiger partial charge on any atom is -0.384 e. The van der Waals surface area contributed by atoms with Crippen molar-refractivity contribution in [2.75, 3.05) is 40.4 Å². The number of aryl methyl sites for hydroxylation is 1. The molecule has 2 aliphatic heterocycles. The fourth-order valence-corrected chi connectivity index (χ4v) is 3.97. The van der Waals surface area contributed by atoms with E-state index in [2.05, 4.69) is 47.0 Å². The summed E-state index contributed by atoms with van der Waals surface area (Å²) in [7, 11) is 4.10. The Labute approximate surface area is 128 Å². The average Bonchev–Trinajstić information content (AvgIpc) is 2.41. The molecule has 1 spiro atoms. The maximum absolute atomic E-state index is 5.37. The first kappa shape index (κ1) is 14.9. The minimum absolute atomic E-state index is 0.380. The average molecular weight is 289 g/mol. The number of nitrogens with zero attached hydrogens (tertiary/aromatic N) is 3. The monoisotopic (exact) mass is 289 g/mol. The van der Waals surface area contributed by atoms with E-state index < -0.39 is 0 Å². The van der Waals surface area contributed by atoms with Crippen LogP contribution < -0.4 is 0 Å². The number of aromatic nitrogens is 1. The zero-order valence-corrected chi connectivity index (χ0v) is 13.5. The molecule has 2 aliphatic rings. The molecule has 0 saturated carbocycles. The zero-order valence-electron chi connectivity index (χ0n) is 13.5. The van der Waals surface area contributed by atoms with Crippen molar-refractivity contribution in [3.05, 3.63) is 29.6 Å². The van der Waals surface area contributed by atoms with Crippen LogP contribution in [-0.2, 0) is 11.3 Å². The van der Waals surface area contributed by atoms with Crippen LogP contribution in [0.3, 0.4) is 0 Å². The zero-order chi connectivity index (χ0) is 14.9. The van der Waals surface area contributed by atoms with Crippen molar-refractivity contribution in [3.8, 4) is 0 Å². The Kier molecular flexibility index (Phi) is 4.29. The van der Waals surface area contributed by atoms with Gasteiger partial charge in [0, 0.05) is 44.6 Å². The van der Waals surface area contributed by atoms with Crippen LogP contribution in [0.15, 0.2) is 18.2 Å². The van der Waals surface area contributed by atoms with Crippen molar-refractivity contribution in [1.29, 1.82) is 0 Å². The largest absolute Gasteiger partial charge is 0.384 e. The Bertz CT molecular complexity index is 485. The van der Waals surface area contributed by atoms with Gasteiger partial charge in [-0.15, -0.1) is 0 Å². The Morgan fingerprint density at radius 2 is 2.19 bits per heavy atom. The van der Waals surface area contributed by atoms with Gasteiger partial charge in [0.1, 0.15) is 0 Å². The maximum atomic E-state index is 5.37. The molecular formula is C17H27N3O. The molecule has 0 N–H and O–H groups in total. The fourth-order valence-electron chi connectivity index (χ4n) is 3.97. The summed E-state index contributed by atoms with van der Waals surface area (Å²) in [5, 5.41) is 0. The first-order valence-corrected chi connectivity index (χ1v) is 7.96. The lowest BCUT2D eigenvalue weighted by atomic mass is 9.75. The molecule has 116 valence electrons. The molecule has 0 bridgehead atoms. The van der Waals surface area contributed by atoms with Crippen LogP contribution in [0.25, 0.3) is 0 Å². The third kappa shape index (κ3) is 3.12. The van der Waals surface area contributed by atoms with Gasteiger partial charge in [-0.2, -0.15) is 0 Å². The van der Waals surface area contributed by atoms with Gasteiger partial charge in [0.15, 0.2) is 0 Å². The topological polar surface area (TPSA) is 28.6 Å². The molecule has 0 amide bonds. The molecule has 4 heteroatoms. The summed E-state index contributed by atoms with van der Waals surface area (Å²) in [5.74, 6) is 0.727. The molecule has 0 aliphatic carbocycles. The molecule has 3 heterocycles. The van der Waals surface area contributed by atoms with Gasteiger partial charge in [-0.05, 0) is 51.4 Å². The van der Waals surface area contributed by atoms with Crippen LogP contribution in [0, 0.1) is 12.8 Å². The summed E-state index contributed by atoms with van der Waals surface area (Å²) in [5.41, 5.74) is 2.68. The smallest absolute Gasteiger partial charge is 0.0547 e. The fraction of sp³-hybridized carbons (Fsp3) is 0.706. The molecule has 1 atom stereocenters. The molecule has 1 aromatic rings. The molecule has 3 rings (SSSR count). The normalized spacial score (nSPS) is 26.0.